The first-order chi connectivity index (χ1) is 11.9. The topological polar surface area (TPSA) is 77.8 Å². The Bertz CT molecular complexity index is 707. The summed E-state index contributed by atoms with van der Waals surface area (Å²) >= 11 is 0. The lowest BCUT2D eigenvalue weighted by atomic mass is 9.83. The highest BCUT2D eigenvalue weighted by Gasteiger charge is 2.42. The van der Waals surface area contributed by atoms with Gasteiger partial charge in [-0.3, -0.25) is 0 Å². The molecule has 2 rings (SSSR count). The van der Waals surface area contributed by atoms with Gasteiger partial charge in [-0.05, 0) is 32.9 Å². The molecular formula is C17H19F2NO5. The Morgan fingerprint density at radius 1 is 1.20 bits per heavy atom. The lowest BCUT2D eigenvalue weighted by Gasteiger charge is -2.29. The van der Waals surface area contributed by atoms with Crippen molar-refractivity contribution < 1.29 is 32.3 Å². The molecule has 1 aromatic heterocycles. The molecule has 1 unspecified atom stereocenters. The maximum absolute atomic E-state index is 13.5. The molecule has 0 amide bonds. The van der Waals surface area contributed by atoms with Gasteiger partial charge >= 0.3 is 11.9 Å². The number of alkyl halides is 2. The van der Waals surface area contributed by atoms with Gasteiger partial charge in [0.25, 0.3) is 6.43 Å². The van der Waals surface area contributed by atoms with Crippen LogP contribution in [0.2, 0.25) is 0 Å². The molecule has 1 aliphatic heterocycles. The van der Waals surface area contributed by atoms with E-state index in [0.29, 0.717) is 0 Å². The van der Waals surface area contributed by atoms with E-state index in [2.05, 4.69) is 5.32 Å². The molecule has 0 spiro atoms. The molecule has 0 saturated heterocycles. The van der Waals surface area contributed by atoms with Gasteiger partial charge < -0.3 is 19.2 Å². The van der Waals surface area contributed by atoms with Gasteiger partial charge in [-0.2, -0.15) is 0 Å². The first-order valence-electron chi connectivity index (χ1n) is 7.79. The number of dihydropyridines is 1. The van der Waals surface area contributed by atoms with Gasteiger partial charge in [0.2, 0.25) is 0 Å². The van der Waals surface area contributed by atoms with Crippen molar-refractivity contribution in [3.63, 3.8) is 0 Å². The monoisotopic (exact) mass is 355 g/mol. The lowest BCUT2D eigenvalue weighted by Crippen LogP contribution is -2.35. The van der Waals surface area contributed by atoms with Crippen LogP contribution < -0.4 is 5.32 Å². The Balaban J connectivity index is 2.65. The predicted octanol–water partition coefficient (Wildman–Crippen LogP) is 2.89. The van der Waals surface area contributed by atoms with Crippen LogP contribution in [0.4, 0.5) is 8.78 Å². The summed E-state index contributed by atoms with van der Waals surface area (Å²) in [6.07, 6.45) is -1.63. The van der Waals surface area contributed by atoms with Crippen LogP contribution >= 0.6 is 0 Å². The minimum Gasteiger partial charge on any atom is -0.468 e. The summed E-state index contributed by atoms with van der Waals surface area (Å²) in [4.78, 5) is 24.8. The summed E-state index contributed by atoms with van der Waals surface area (Å²) in [5, 5.41) is 2.45. The fourth-order valence-corrected chi connectivity index (χ4v) is 2.68. The summed E-state index contributed by atoms with van der Waals surface area (Å²) in [7, 11) is 0. The number of ether oxygens (including phenoxy) is 2. The molecule has 0 aromatic carbocycles. The van der Waals surface area contributed by atoms with Gasteiger partial charge in [-0.1, -0.05) is 0 Å². The second kappa shape index (κ2) is 7.96. The number of furan rings is 1. The first kappa shape index (κ1) is 18.7. The smallest absolute Gasteiger partial charge is 0.337 e. The number of hydrogen-bond acceptors (Lipinski definition) is 6. The Kier molecular flexibility index (Phi) is 5.95. The Morgan fingerprint density at radius 2 is 1.80 bits per heavy atom. The standard InChI is InChI=1S/C17H19F2NO5/c1-4-23-16(21)11-9(3)20-14(15(18)19)13(17(22)24-5-2)12(11)10-7-6-8-25-10/h6-8,12,15,20H,4-5H2,1-3H3. The molecule has 25 heavy (non-hydrogen) atoms. The molecule has 0 fully saturated rings. The van der Waals surface area contributed by atoms with Crippen LogP contribution in [0, 0.1) is 0 Å². The zero-order valence-corrected chi connectivity index (χ0v) is 14.1. The van der Waals surface area contributed by atoms with Crippen LogP contribution in [0.25, 0.3) is 0 Å². The van der Waals surface area contributed by atoms with Crippen molar-refractivity contribution in [2.45, 2.75) is 33.1 Å². The summed E-state index contributed by atoms with van der Waals surface area (Å²) in [5.74, 6) is -2.63. The van der Waals surface area contributed by atoms with Gasteiger partial charge in [-0.25, -0.2) is 18.4 Å². The third kappa shape index (κ3) is 3.72. The third-order valence-corrected chi connectivity index (χ3v) is 3.63. The molecule has 1 aliphatic rings. The summed E-state index contributed by atoms with van der Waals surface area (Å²) in [6.45, 7) is 4.75. The highest BCUT2D eigenvalue weighted by atomic mass is 19.3. The minimum absolute atomic E-state index is 0.00115. The molecule has 6 nitrogen and oxygen atoms in total. The highest BCUT2D eigenvalue weighted by molar-refractivity contribution is 5.99. The van der Waals surface area contributed by atoms with E-state index in [0.717, 1.165) is 0 Å². The molecule has 1 N–H and O–H groups in total. The SMILES string of the molecule is CCOC(=O)C1=C(C)NC(C(F)F)=C(C(=O)OCC)C1c1ccco1. The normalized spacial score (nSPS) is 17.6. The lowest BCUT2D eigenvalue weighted by molar-refractivity contribution is -0.139. The van der Waals surface area contributed by atoms with E-state index >= 15 is 0 Å². The second-order valence-corrected chi connectivity index (χ2v) is 5.18. The van der Waals surface area contributed by atoms with Crippen LogP contribution in [-0.2, 0) is 19.1 Å². The first-order valence-corrected chi connectivity index (χ1v) is 7.79. The number of rotatable bonds is 6. The fourth-order valence-electron chi connectivity index (χ4n) is 2.68. The average molecular weight is 355 g/mol. The number of esters is 2. The van der Waals surface area contributed by atoms with E-state index in [1.54, 1.807) is 19.9 Å². The van der Waals surface area contributed by atoms with Gasteiger partial charge in [-0.15, -0.1) is 0 Å². The zero-order chi connectivity index (χ0) is 18.6. The van der Waals surface area contributed by atoms with E-state index in [4.69, 9.17) is 13.9 Å². The number of hydrogen-bond donors (Lipinski definition) is 1. The van der Waals surface area contributed by atoms with Crippen molar-refractivity contribution in [1.82, 2.24) is 5.32 Å². The number of allylic oxidation sites excluding steroid dienone is 2. The molecule has 1 aromatic rings. The Morgan fingerprint density at radius 3 is 2.28 bits per heavy atom. The summed E-state index contributed by atoms with van der Waals surface area (Å²) in [5.41, 5.74) is -0.765. The van der Waals surface area contributed by atoms with Gasteiger partial charge in [0, 0.05) is 5.70 Å². The molecule has 0 radical (unpaired) electrons. The van der Waals surface area contributed by atoms with Crippen LogP contribution in [0.1, 0.15) is 32.4 Å². The molecular weight excluding hydrogens is 336 g/mol. The van der Waals surface area contributed by atoms with Crippen LogP contribution in [0.5, 0.6) is 0 Å². The molecule has 8 heteroatoms. The number of nitrogens with one attached hydrogen (secondary N) is 1. The number of carbonyl (C=O) groups is 2. The van der Waals surface area contributed by atoms with E-state index in [9.17, 15) is 18.4 Å². The van der Waals surface area contributed by atoms with Crippen molar-refractivity contribution in [1.29, 1.82) is 0 Å². The Labute approximate surface area is 143 Å². The largest absolute Gasteiger partial charge is 0.468 e. The highest BCUT2D eigenvalue weighted by Crippen LogP contribution is 2.40. The predicted molar refractivity (Wildman–Crippen MR) is 83.6 cm³/mol. The summed E-state index contributed by atoms with van der Waals surface area (Å²) in [6, 6.07) is 3.05. The van der Waals surface area contributed by atoms with Gasteiger partial charge in [0.1, 0.15) is 5.76 Å². The van der Waals surface area contributed by atoms with Crippen LogP contribution in [0.15, 0.2) is 45.4 Å². The van der Waals surface area contributed by atoms with Crippen molar-refractivity contribution in [3.8, 4) is 0 Å². The maximum atomic E-state index is 13.5. The fraction of sp³-hybridized carbons (Fsp3) is 0.412. The molecule has 2 heterocycles. The molecule has 0 saturated carbocycles. The minimum atomic E-state index is -2.96. The molecule has 136 valence electrons. The van der Waals surface area contributed by atoms with E-state index in [1.165, 1.54) is 19.3 Å². The van der Waals surface area contributed by atoms with Crippen molar-refractivity contribution in [3.05, 3.63) is 46.7 Å². The number of carbonyl (C=O) groups excluding carboxylic acids is 2. The van der Waals surface area contributed by atoms with Crippen LogP contribution in [0.3, 0.4) is 0 Å². The number of halogens is 2. The van der Waals surface area contributed by atoms with Crippen molar-refractivity contribution in [2.75, 3.05) is 13.2 Å². The molecule has 0 bridgehead atoms. The van der Waals surface area contributed by atoms with E-state index in [-0.39, 0.29) is 35.8 Å². The third-order valence-electron chi connectivity index (χ3n) is 3.63. The maximum Gasteiger partial charge on any atom is 0.337 e. The summed E-state index contributed by atoms with van der Waals surface area (Å²) < 4.78 is 42.3. The van der Waals surface area contributed by atoms with Gasteiger partial charge in [0.15, 0.2) is 0 Å². The Hall–Kier alpha value is -2.64. The van der Waals surface area contributed by atoms with Crippen LogP contribution in [-0.4, -0.2) is 31.6 Å². The molecule has 0 aliphatic carbocycles. The van der Waals surface area contributed by atoms with Crippen molar-refractivity contribution in [2.24, 2.45) is 0 Å². The average Bonchev–Trinajstić information content (AvgIpc) is 3.08. The quantitative estimate of drug-likeness (QED) is 0.791. The van der Waals surface area contributed by atoms with Crippen molar-refractivity contribution >= 4 is 11.9 Å². The molecule has 1 atom stereocenters. The second-order valence-electron chi connectivity index (χ2n) is 5.18. The van der Waals surface area contributed by atoms with E-state index in [1.807, 2.05) is 0 Å². The zero-order valence-electron chi connectivity index (χ0n) is 14.1. The van der Waals surface area contributed by atoms with Gasteiger partial charge in [0.05, 0.1) is 42.2 Å². The van der Waals surface area contributed by atoms with E-state index < -0.39 is 30.0 Å².